The van der Waals surface area contributed by atoms with E-state index in [1.807, 2.05) is 11.1 Å². The number of likely N-dealkylation sites (tertiary alicyclic amines) is 1. The number of aromatic nitrogens is 2. The molecule has 4 heterocycles. The predicted molar refractivity (Wildman–Crippen MR) is 90.4 cm³/mol. The van der Waals surface area contributed by atoms with Gasteiger partial charge in [0, 0.05) is 64.6 Å². The molecule has 132 valence electrons. The van der Waals surface area contributed by atoms with Crippen molar-refractivity contribution in [1.82, 2.24) is 19.6 Å². The first-order chi connectivity index (χ1) is 11.8. The van der Waals surface area contributed by atoms with Gasteiger partial charge in [0.2, 0.25) is 5.91 Å². The molecule has 2 saturated heterocycles. The van der Waals surface area contributed by atoms with Crippen LogP contribution in [0, 0.1) is 5.92 Å². The van der Waals surface area contributed by atoms with Crippen LogP contribution in [-0.2, 0) is 22.6 Å². The number of amides is 1. The van der Waals surface area contributed by atoms with Gasteiger partial charge < -0.3 is 9.64 Å². The summed E-state index contributed by atoms with van der Waals surface area (Å²) in [5.74, 6) is 0.895. The molecular weight excluding hydrogens is 304 g/mol. The fourth-order valence-electron chi connectivity index (χ4n) is 4.36. The van der Waals surface area contributed by atoms with Crippen molar-refractivity contribution >= 4 is 5.91 Å². The first-order valence-electron chi connectivity index (χ1n) is 9.40. The molecule has 24 heavy (non-hydrogen) atoms. The van der Waals surface area contributed by atoms with E-state index >= 15 is 0 Å². The van der Waals surface area contributed by atoms with Gasteiger partial charge in [-0.05, 0) is 37.7 Å². The van der Waals surface area contributed by atoms with Crippen LogP contribution in [0.15, 0.2) is 12.3 Å². The van der Waals surface area contributed by atoms with Gasteiger partial charge in [-0.15, -0.1) is 0 Å². The summed E-state index contributed by atoms with van der Waals surface area (Å²) in [7, 11) is 0. The Labute approximate surface area is 143 Å². The lowest BCUT2D eigenvalue weighted by atomic mass is 10.0. The highest BCUT2D eigenvalue weighted by Crippen LogP contribution is 2.24. The largest absolute Gasteiger partial charge is 0.381 e. The molecule has 0 saturated carbocycles. The Balaban J connectivity index is 1.43. The molecule has 0 N–H and O–H groups in total. The van der Waals surface area contributed by atoms with Crippen molar-refractivity contribution in [3.8, 4) is 0 Å². The minimum Gasteiger partial charge on any atom is -0.381 e. The van der Waals surface area contributed by atoms with Crippen LogP contribution in [-0.4, -0.2) is 64.4 Å². The zero-order chi connectivity index (χ0) is 16.4. The van der Waals surface area contributed by atoms with Crippen LogP contribution in [0.5, 0.6) is 0 Å². The maximum atomic E-state index is 11.9. The maximum Gasteiger partial charge on any atom is 0.222 e. The highest BCUT2D eigenvalue weighted by Gasteiger charge is 2.29. The molecule has 6 heteroatoms. The van der Waals surface area contributed by atoms with Crippen molar-refractivity contribution in [1.29, 1.82) is 0 Å². The first kappa shape index (κ1) is 16.1. The minimum atomic E-state index is 0.338. The van der Waals surface area contributed by atoms with Crippen LogP contribution >= 0.6 is 0 Å². The lowest BCUT2D eigenvalue weighted by molar-refractivity contribution is -0.127. The molecule has 3 aliphatic heterocycles. The minimum absolute atomic E-state index is 0.338. The summed E-state index contributed by atoms with van der Waals surface area (Å²) in [6, 6.07) is 2.77. The number of rotatable bonds is 4. The van der Waals surface area contributed by atoms with Crippen LogP contribution in [0.3, 0.4) is 0 Å². The molecule has 0 unspecified atom stereocenters. The van der Waals surface area contributed by atoms with E-state index in [-0.39, 0.29) is 0 Å². The number of hydrogen-bond donors (Lipinski definition) is 0. The molecule has 0 spiro atoms. The fraction of sp³-hybridized carbons (Fsp3) is 0.778. The third-order valence-corrected chi connectivity index (χ3v) is 5.78. The molecular formula is C18H28N4O2. The Morgan fingerprint density at radius 2 is 2.12 bits per heavy atom. The second-order valence-corrected chi connectivity index (χ2v) is 7.42. The number of nitrogens with zero attached hydrogens (tertiary/aromatic N) is 4. The quantitative estimate of drug-likeness (QED) is 0.839. The summed E-state index contributed by atoms with van der Waals surface area (Å²) in [6.45, 7) is 6.69. The molecule has 0 aromatic carbocycles. The summed E-state index contributed by atoms with van der Waals surface area (Å²) in [5.41, 5.74) is 1.32. The van der Waals surface area contributed by atoms with E-state index in [2.05, 4.69) is 20.7 Å². The van der Waals surface area contributed by atoms with Gasteiger partial charge in [-0.25, -0.2) is 0 Å². The molecule has 2 fully saturated rings. The highest BCUT2D eigenvalue weighted by molar-refractivity contribution is 5.77. The fourth-order valence-corrected chi connectivity index (χ4v) is 4.36. The van der Waals surface area contributed by atoms with Gasteiger partial charge in [0.1, 0.15) is 0 Å². The maximum absolute atomic E-state index is 11.9. The number of fused-ring (bicyclic) bond motifs is 1. The van der Waals surface area contributed by atoms with E-state index in [0.29, 0.717) is 17.9 Å². The molecule has 0 aliphatic carbocycles. The van der Waals surface area contributed by atoms with Crippen LogP contribution in [0.4, 0.5) is 0 Å². The van der Waals surface area contributed by atoms with E-state index in [1.54, 1.807) is 0 Å². The third kappa shape index (κ3) is 3.49. The topological polar surface area (TPSA) is 50.6 Å². The summed E-state index contributed by atoms with van der Waals surface area (Å²) in [5, 5.41) is 4.53. The van der Waals surface area contributed by atoms with E-state index in [9.17, 15) is 4.79 Å². The number of hydrogen-bond acceptors (Lipinski definition) is 4. The highest BCUT2D eigenvalue weighted by atomic mass is 16.5. The summed E-state index contributed by atoms with van der Waals surface area (Å²) < 4.78 is 7.72. The van der Waals surface area contributed by atoms with Crippen LogP contribution in [0.25, 0.3) is 0 Å². The Kier molecular flexibility index (Phi) is 4.85. The lowest BCUT2D eigenvalue weighted by Gasteiger charge is -2.35. The average Bonchev–Trinajstić information content (AvgIpc) is 3.18. The summed E-state index contributed by atoms with van der Waals surface area (Å²) in [4.78, 5) is 16.6. The summed E-state index contributed by atoms with van der Waals surface area (Å²) >= 11 is 0. The molecule has 6 nitrogen and oxygen atoms in total. The Morgan fingerprint density at radius 3 is 2.92 bits per heavy atom. The van der Waals surface area contributed by atoms with E-state index in [4.69, 9.17) is 4.74 Å². The average molecular weight is 332 g/mol. The molecule has 0 bridgehead atoms. The van der Waals surface area contributed by atoms with Crippen molar-refractivity contribution in [2.45, 2.75) is 51.2 Å². The van der Waals surface area contributed by atoms with Gasteiger partial charge in [-0.2, -0.15) is 5.10 Å². The third-order valence-electron chi connectivity index (χ3n) is 5.78. The zero-order valence-corrected chi connectivity index (χ0v) is 14.4. The first-order valence-corrected chi connectivity index (χ1v) is 9.40. The Hall–Kier alpha value is -1.40. The van der Waals surface area contributed by atoms with Gasteiger partial charge in [-0.1, -0.05) is 0 Å². The van der Waals surface area contributed by atoms with E-state index < -0.39 is 0 Å². The molecule has 1 aromatic rings. The molecule has 3 aliphatic rings. The SMILES string of the molecule is O=C1CCCN1CC[C@@H]1CN(C2CCOCC2)Cc2ccnn2C1. The second-order valence-electron chi connectivity index (χ2n) is 7.42. The van der Waals surface area contributed by atoms with Crippen LogP contribution in [0.2, 0.25) is 0 Å². The second kappa shape index (κ2) is 7.23. The van der Waals surface area contributed by atoms with Crippen molar-refractivity contribution in [2.75, 3.05) is 32.8 Å². The lowest BCUT2D eigenvalue weighted by Crippen LogP contribution is -2.41. The summed E-state index contributed by atoms with van der Waals surface area (Å²) in [6.07, 6.45) is 7.02. The Bertz CT molecular complexity index is 567. The van der Waals surface area contributed by atoms with Crippen molar-refractivity contribution in [3.63, 3.8) is 0 Å². The molecule has 1 aromatic heterocycles. The normalized spacial score (nSPS) is 26.6. The molecule has 4 rings (SSSR count). The van der Waals surface area contributed by atoms with E-state index in [1.165, 1.54) is 5.69 Å². The van der Waals surface area contributed by atoms with Gasteiger partial charge in [0.25, 0.3) is 0 Å². The van der Waals surface area contributed by atoms with E-state index in [0.717, 1.165) is 78.0 Å². The smallest absolute Gasteiger partial charge is 0.222 e. The van der Waals surface area contributed by atoms with Gasteiger partial charge in [0.15, 0.2) is 0 Å². The van der Waals surface area contributed by atoms with Gasteiger partial charge in [0.05, 0.1) is 5.69 Å². The Morgan fingerprint density at radius 1 is 1.25 bits per heavy atom. The van der Waals surface area contributed by atoms with Crippen molar-refractivity contribution in [2.24, 2.45) is 5.92 Å². The standard InChI is InChI=1S/C18H28N4O2/c23-18-2-1-8-20(18)9-4-15-12-21(16-5-10-24-11-6-16)14-17-3-7-19-22(17)13-15/h3,7,15-16H,1-2,4-6,8-14H2/t15-/m1/s1. The van der Waals surface area contributed by atoms with Crippen molar-refractivity contribution in [3.05, 3.63) is 18.0 Å². The molecule has 0 radical (unpaired) electrons. The monoisotopic (exact) mass is 332 g/mol. The van der Waals surface area contributed by atoms with Gasteiger partial charge >= 0.3 is 0 Å². The molecule has 1 amide bonds. The number of carbonyl (C=O) groups excluding carboxylic acids is 1. The predicted octanol–water partition coefficient (Wildman–Crippen LogP) is 1.51. The zero-order valence-electron chi connectivity index (χ0n) is 14.4. The van der Waals surface area contributed by atoms with Crippen LogP contribution in [0.1, 0.15) is 37.8 Å². The number of ether oxygens (including phenoxy) is 1. The van der Waals surface area contributed by atoms with Gasteiger partial charge in [-0.3, -0.25) is 14.4 Å². The number of carbonyl (C=O) groups is 1. The molecule has 1 atom stereocenters. The van der Waals surface area contributed by atoms with Crippen LogP contribution < -0.4 is 0 Å². The van der Waals surface area contributed by atoms with Crippen molar-refractivity contribution < 1.29 is 9.53 Å².